The highest BCUT2D eigenvalue weighted by Gasteiger charge is 2.36. The smallest absolute Gasteiger partial charge is 0.294 e. The molecular formula is C20H16FN3O5S. The summed E-state index contributed by atoms with van der Waals surface area (Å²) in [4.78, 5) is 48.8. The van der Waals surface area contributed by atoms with Gasteiger partial charge in [-0.3, -0.25) is 24.1 Å². The van der Waals surface area contributed by atoms with Gasteiger partial charge in [0, 0.05) is 11.3 Å². The number of nitrogens with one attached hydrogen (secondary N) is 1. The van der Waals surface area contributed by atoms with Crippen LogP contribution in [0.1, 0.15) is 5.56 Å². The number of benzene rings is 2. The van der Waals surface area contributed by atoms with Gasteiger partial charge >= 0.3 is 0 Å². The van der Waals surface area contributed by atoms with E-state index in [0.29, 0.717) is 28.8 Å². The summed E-state index contributed by atoms with van der Waals surface area (Å²) in [6.07, 6.45) is 1.44. The van der Waals surface area contributed by atoms with E-state index < -0.39 is 35.3 Å². The maximum atomic E-state index is 12.9. The molecule has 0 saturated carbocycles. The van der Waals surface area contributed by atoms with Crippen LogP contribution in [-0.4, -0.2) is 41.0 Å². The largest absolute Gasteiger partial charge is 0.483 e. The second-order valence-corrected chi connectivity index (χ2v) is 7.11. The zero-order chi connectivity index (χ0) is 21.7. The van der Waals surface area contributed by atoms with Crippen molar-refractivity contribution in [3.05, 3.63) is 64.8 Å². The van der Waals surface area contributed by atoms with Crippen molar-refractivity contribution >= 4 is 46.5 Å². The van der Waals surface area contributed by atoms with Crippen molar-refractivity contribution in [3.8, 4) is 5.75 Å². The Kier molecular flexibility index (Phi) is 6.48. The molecule has 1 fully saturated rings. The van der Waals surface area contributed by atoms with Gasteiger partial charge in [0.25, 0.3) is 17.1 Å². The van der Waals surface area contributed by atoms with E-state index in [9.17, 15) is 23.6 Å². The SMILES string of the molecule is NC(=O)COc1ccccc1/C=C1/SC(=O)N(CC(=O)Nc2ccc(F)cc2)C1=O. The number of rotatable bonds is 7. The number of primary amides is 1. The topological polar surface area (TPSA) is 119 Å². The van der Waals surface area contributed by atoms with Crippen LogP contribution in [0.5, 0.6) is 5.75 Å². The quantitative estimate of drug-likeness (QED) is 0.653. The van der Waals surface area contributed by atoms with Gasteiger partial charge in [0.1, 0.15) is 18.1 Å². The maximum absolute atomic E-state index is 12.9. The van der Waals surface area contributed by atoms with Gasteiger partial charge < -0.3 is 15.8 Å². The molecule has 0 bridgehead atoms. The summed E-state index contributed by atoms with van der Waals surface area (Å²) in [7, 11) is 0. The van der Waals surface area contributed by atoms with Crippen LogP contribution in [0.2, 0.25) is 0 Å². The first kappa shape index (κ1) is 21.1. The average Bonchev–Trinajstić information content (AvgIpc) is 2.96. The molecule has 1 heterocycles. The highest BCUT2D eigenvalue weighted by molar-refractivity contribution is 8.18. The van der Waals surface area contributed by atoms with Gasteiger partial charge in [-0.05, 0) is 48.2 Å². The molecule has 0 radical (unpaired) electrons. The number of carbonyl (C=O) groups is 4. The fourth-order valence-electron chi connectivity index (χ4n) is 2.53. The van der Waals surface area contributed by atoms with E-state index in [0.717, 1.165) is 4.90 Å². The summed E-state index contributed by atoms with van der Waals surface area (Å²) in [5, 5.41) is 1.89. The summed E-state index contributed by atoms with van der Waals surface area (Å²) >= 11 is 0.682. The highest BCUT2D eigenvalue weighted by atomic mass is 32.2. The van der Waals surface area contributed by atoms with Crippen molar-refractivity contribution in [3.63, 3.8) is 0 Å². The molecule has 2 aromatic carbocycles. The maximum Gasteiger partial charge on any atom is 0.294 e. The van der Waals surface area contributed by atoms with Gasteiger partial charge in [-0.15, -0.1) is 0 Å². The standard InChI is InChI=1S/C20H16FN3O5S/c21-13-5-7-14(8-6-13)23-18(26)10-24-19(27)16(30-20(24)28)9-12-3-1-2-4-15(12)29-11-17(22)25/h1-9H,10-11H2,(H2,22,25)(H,23,26)/b16-9+. The lowest BCUT2D eigenvalue weighted by atomic mass is 10.2. The number of imide groups is 1. The minimum Gasteiger partial charge on any atom is -0.483 e. The van der Waals surface area contributed by atoms with E-state index >= 15 is 0 Å². The minimum atomic E-state index is -0.655. The van der Waals surface area contributed by atoms with E-state index in [1.54, 1.807) is 24.3 Å². The van der Waals surface area contributed by atoms with Crippen LogP contribution in [-0.2, 0) is 14.4 Å². The summed E-state index contributed by atoms with van der Waals surface area (Å²) in [5.41, 5.74) is 5.89. The fraction of sp³-hybridized carbons (Fsp3) is 0.100. The first-order valence-electron chi connectivity index (χ1n) is 8.64. The van der Waals surface area contributed by atoms with Gasteiger partial charge in [0.15, 0.2) is 6.61 Å². The van der Waals surface area contributed by atoms with Crippen molar-refractivity contribution < 1.29 is 28.3 Å². The Balaban J connectivity index is 1.71. The van der Waals surface area contributed by atoms with E-state index in [-0.39, 0.29) is 11.5 Å². The van der Waals surface area contributed by atoms with Crippen LogP contribution >= 0.6 is 11.8 Å². The van der Waals surface area contributed by atoms with E-state index in [2.05, 4.69) is 5.32 Å². The molecule has 3 N–H and O–H groups in total. The van der Waals surface area contributed by atoms with Crippen LogP contribution in [0.25, 0.3) is 6.08 Å². The zero-order valence-electron chi connectivity index (χ0n) is 15.5. The minimum absolute atomic E-state index is 0.102. The monoisotopic (exact) mass is 429 g/mol. The molecular weight excluding hydrogens is 413 g/mol. The van der Waals surface area contributed by atoms with E-state index in [1.807, 2.05) is 0 Å². The number of nitrogens with zero attached hydrogens (tertiary/aromatic N) is 1. The molecule has 0 spiro atoms. The number of ether oxygens (including phenoxy) is 1. The average molecular weight is 429 g/mol. The number of hydrogen-bond donors (Lipinski definition) is 2. The molecule has 4 amide bonds. The predicted octanol–water partition coefficient (Wildman–Crippen LogP) is 2.36. The van der Waals surface area contributed by atoms with Gasteiger partial charge in [0.2, 0.25) is 5.91 Å². The number of halogens is 1. The van der Waals surface area contributed by atoms with Crippen molar-refractivity contribution in [2.24, 2.45) is 5.73 Å². The van der Waals surface area contributed by atoms with Crippen LogP contribution < -0.4 is 15.8 Å². The van der Waals surface area contributed by atoms with Gasteiger partial charge in [0.05, 0.1) is 4.91 Å². The highest BCUT2D eigenvalue weighted by Crippen LogP contribution is 2.33. The van der Waals surface area contributed by atoms with Gasteiger partial charge in [-0.2, -0.15) is 0 Å². The molecule has 0 unspecified atom stereocenters. The Morgan fingerprint density at radius 3 is 2.53 bits per heavy atom. The second kappa shape index (κ2) is 9.23. The van der Waals surface area contributed by atoms with Crippen LogP contribution in [0.15, 0.2) is 53.4 Å². The first-order valence-corrected chi connectivity index (χ1v) is 9.46. The van der Waals surface area contributed by atoms with E-state index in [1.165, 1.54) is 30.3 Å². The molecule has 10 heteroatoms. The molecule has 8 nitrogen and oxygen atoms in total. The van der Waals surface area contributed by atoms with E-state index in [4.69, 9.17) is 10.5 Å². The molecule has 154 valence electrons. The predicted molar refractivity (Wildman–Crippen MR) is 109 cm³/mol. The molecule has 0 atom stereocenters. The van der Waals surface area contributed by atoms with Crippen molar-refractivity contribution in [1.82, 2.24) is 4.90 Å². The number of anilines is 1. The number of para-hydroxylation sites is 1. The summed E-state index contributed by atoms with van der Waals surface area (Å²) in [6.45, 7) is -0.824. The number of amides is 4. The Morgan fingerprint density at radius 2 is 1.83 bits per heavy atom. The van der Waals surface area contributed by atoms with Crippen molar-refractivity contribution in [1.29, 1.82) is 0 Å². The molecule has 0 aromatic heterocycles. The zero-order valence-corrected chi connectivity index (χ0v) is 16.3. The number of carbonyl (C=O) groups excluding carboxylic acids is 4. The lowest BCUT2D eigenvalue weighted by Gasteiger charge is -2.12. The Bertz CT molecular complexity index is 1040. The molecule has 3 rings (SSSR count). The van der Waals surface area contributed by atoms with Crippen LogP contribution in [0, 0.1) is 5.82 Å². The molecule has 0 aliphatic carbocycles. The molecule has 30 heavy (non-hydrogen) atoms. The third kappa shape index (κ3) is 5.23. The first-order chi connectivity index (χ1) is 14.3. The second-order valence-electron chi connectivity index (χ2n) is 6.12. The van der Waals surface area contributed by atoms with Crippen molar-refractivity contribution in [2.75, 3.05) is 18.5 Å². The number of nitrogens with two attached hydrogens (primary N) is 1. The normalized spacial score (nSPS) is 14.8. The summed E-state index contributed by atoms with van der Waals surface area (Å²) < 4.78 is 18.2. The molecule has 1 saturated heterocycles. The lowest BCUT2D eigenvalue weighted by molar-refractivity contribution is -0.127. The number of thioether (sulfide) groups is 1. The van der Waals surface area contributed by atoms with Crippen LogP contribution in [0.4, 0.5) is 14.9 Å². The number of hydrogen-bond acceptors (Lipinski definition) is 6. The molecule has 2 aromatic rings. The van der Waals surface area contributed by atoms with Gasteiger partial charge in [-0.25, -0.2) is 4.39 Å². The Labute approximate surface area is 174 Å². The third-order valence-electron chi connectivity index (χ3n) is 3.88. The van der Waals surface area contributed by atoms with Crippen LogP contribution in [0.3, 0.4) is 0 Å². The fourth-order valence-corrected chi connectivity index (χ4v) is 3.36. The molecule has 1 aliphatic heterocycles. The van der Waals surface area contributed by atoms with Gasteiger partial charge in [-0.1, -0.05) is 18.2 Å². The third-order valence-corrected chi connectivity index (χ3v) is 4.79. The molecule has 1 aliphatic rings. The summed E-state index contributed by atoms with van der Waals surface area (Å²) in [5.74, 6) is -2.03. The summed E-state index contributed by atoms with van der Waals surface area (Å²) in [6, 6.07) is 11.7. The van der Waals surface area contributed by atoms with Crippen molar-refractivity contribution in [2.45, 2.75) is 0 Å². The Hall–Kier alpha value is -3.66. The lowest BCUT2D eigenvalue weighted by Crippen LogP contribution is -2.36. The Morgan fingerprint density at radius 1 is 1.13 bits per heavy atom.